The van der Waals surface area contributed by atoms with Gasteiger partial charge in [0.25, 0.3) is 0 Å². The normalized spacial score (nSPS) is 25.5. The van der Waals surface area contributed by atoms with Gasteiger partial charge in [-0.15, -0.1) is 0 Å². The van der Waals surface area contributed by atoms with Crippen molar-refractivity contribution in [2.24, 2.45) is 0 Å². The molecule has 0 saturated carbocycles. The molecule has 0 radical (unpaired) electrons. The first-order chi connectivity index (χ1) is 37.1. The molecular formula is C62H107NO13. The highest BCUT2D eigenvalue weighted by atomic mass is 16.7. The van der Waals surface area contributed by atoms with Crippen LogP contribution in [0, 0.1) is 0 Å². The van der Waals surface area contributed by atoms with Crippen molar-refractivity contribution in [3.05, 3.63) is 85.1 Å². The fourth-order valence-electron chi connectivity index (χ4n) is 9.25. The van der Waals surface area contributed by atoms with Crippen LogP contribution in [-0.4, -0.2) is 140 Å². The molecule has 2 heterocycles. The summed E-state index contributed by atoms with van der Waals surface area (Å²) in [5.74, 6) is -0.265. The molecule has 12 unspecified atom stereocenters. The number of hydrogen-bond donors (Lipinski definition) is 9. The predicted octanol–water partition coefficient (Wildman–Crippen LogP) is 10.1. The van der Waals surface area contributed by atoms with E-state index in [4.69, 9.17) is 18.9 Å². The van der Waals surface area contributed by atoms with Gasteiger partial charge in [0.1, 0.15) is 48.8 Å². The Kier molecular flexibility index (Phi) is 42.9. The molecular weight excluding hydrogens is 967 g/mol. The van der Waals surface area contributed by atoms with Crippen LogP contribution in [0.5, 0.6) is 0 Å². The number of carbonyl (C=O) groups is 1. The molecule has 0 aromatic heterocycles. The van der Waals surface area contributed by atoms with Gasteiger partial charge in [-0.3, -0.25) is 4.79 Å². The number of ether oxygens (including phenoxy) is 4. The minimum absolute atomic E-state index is 0.256. The molecule has 12 atom stereocenters. The first kappa shape index (κ1) is 69.3. The lowest BCUT2D eigenvalue weighted by Gasteiger charge is -2.46. The van der Waals surface area contributed by atoms with Crippen molar-refractivity contribution in [1.29, 1.82) is 0 Å². The van der Waals surface area contributed by atoms with Crippen LogP contribution < -0.4 is 5.32 Å². The Morgan fingerprint density at radius 3 is 1.45 bits per heavy atom. The summed E-state index contributed by atoms with van der Waals surface area (Å²) in [5, 5.41) is 87.1. The molecule has 14 nitrogen and oxygen atoms in total. The van der Waals surface area contributed by atoms with Gasteiger partial charge in [0, 0.05) is 6.42 Å². The number of aliphatic hydroxyl groups is 8. The third-order valence-electron chi connectivity index (χ3n) is 14.0. The molecule has 1 amide bonds. The number of nitrogens with one attached hydrogen (secondary N) is 1. The molecule has 2 aliphatic rings. The Morgan fingerprint density at radius 2 is 0.921 bits per heavy atom. The van der Waals surface area contributed by atoms with E-state index < -0.39 is 86.8 Å². The largest absolute Gasteiger partial charge is 0.394 e. The van der Waals surface area contributed by atoms with E-state index in [9.17, 15) is 45.6 Å². The van der Waals surface area contributed by atoms with Crippen molar-refractivity contribution in [3.8, 4) is 0 Å². The molecule has 14 heteroatoms. The fraction of sp³-hybridized carbons (Fsp3) is 0.758. The van der Waals surface area contributed by atoms with Gasteiger partial charge in [-0.25, -0.2) is 0 Å². The van der Waals surface area contributed by atoms with E-state index in [1.165, 1.54) is 89.9 Å². The Labute approximate surface area is 459 Å². The van der Waals surface area contributed by atoms with Crippen LogP contribution in [0.1, 0.15) is 206 Å². The highest BCUT2D eigenvalue weighted by Crippen LogP contribution is 2.30. The molecule has 2 fully saturated rings. The van der Waals surface area contributed by atoms with Crippen LogP contribution in [0.15, 0.2) is 85.1 Å². The van der Waals surface area contributed by atoms with Gasteiger partial charge in [-0.1, -0.05) is 202 Å². The molecule has 0 aromatic carbocycles. The minimum atomic E-state index is -1.80. The monoisotopic (exact) mass is 1070 g/mol. The van der Waals surface area contributed by atoms with Gasteiger partial charge in [0.15, 0.2) is 12.6 Å². The van der Waals surface area contributed by atoms with Crippen LogP contribution in [-0.2, 0) is 23.7 Å². The molecule has 0 spiro atoms. The Morgan fingerprint density at radius 1 is 0.487 bits per heavy atom. The molecule has 0 bridgehead atoms. The lowest BCUT2D eigenvalue weighted by atomic mass is 9.97. The number of allylic oxidation sites excluding steroid dienone is 13. The van der Waals surface area contributed by atoms with Gasteiger partial charge in [0.2, 0.25) is 5.91 Å². The van der Waals surface area contributed by atoms with E-state index >= 15 is 0 Å². The summed E-state index contributed by atoms with van der Waals surface area (Å²) in [4.78, 5) is 13.3. The van der Waals surface area contributed by atoms with Crippen molar-refractivity contribution in [2.45, 2.75) is 280 Å². The number of hydrogen-bond acceptors (Lipinski definition) is 13. The average Bonchev–Trinajstić information content (AvgIpc) is 3.42. The van der Waals surface area contributed by atoms with Gasteiger partial charge >= 0.3 is 0 Å². The fourth-order valence-corrected chi connectivity index (χ4v) is 9.25. The van der Waals surface area contributed by atoms with E-state index in [1.54, 1.807) is 6.08 Å². The van der Waals surface area contributed by atoms with E-state index in [-0.39, 0.29) is 18.9 Å². The SMILES string of the molecule is CC/C=C\C/C=C\C/C=C\C/C=C\CCCCCCCCCCC(=O)NC(COC1OC(CO)C(OC2OC(CO)C(O)C(O)C2O)C(O)C1O)C(O)/C=C/CC/C=C/CC/C=C/CCCCCCCCCCCCC. The summed E-state index contributed by atoms with van der Waals surface area (Å²) < 4.78 is 22.7. The Bertz CT molecular complexity index is 1600. The maximum Gasteiger partial charge on any atom is 0.220 e. The van der Waals surface area contributed by atoms with E-state index in [0.717, 1.165) is 83.5 Å². The number of carbonyl (C=O) groups excluding carboxylic acids is 1. The second-order valence-corrected chi connectivity index (χ2v) is 20.7. The summed E-state index contributed by atoms with van der Waals surface area (Å²) in [5.41, 5.74) is 0. The zero-order valence-electron chi connectivity index (χ0n) is 47.0. The molecule has 438 valence electrons. The first-order valence-corrected chi connectivity index (χ1v) is 29.8. The van der Waals surface area contributed by atoms with Crippen LogP contribution in [0.3, 0.4) is 0 Å². The maximum atomic E-state index is 13.3. The maximum absolute atomic E-state index is 13.3. The van der Waals surface area contributed by atoms with Crippen molar-refractivity contribution in [2.75, 3.05) is 19.8 Å². The van der Waals surface area contributed by atoms with E-state index in [1.807, 2.05) is 6.08 Å². The highest BCUT2D eigenvalue weighted by molar-refractivity contribution is 5.76. The summed E-state index contributed by atoms with van der Waals surface area (Å²) >= 11 is 0. The van der Waals surface area contributed by atoms with Crippen LogP contribution in [0.4, 0.5) is 0 Å². The molecule has 0 aromatic rings. The van der Waals surface area contributed by atoms with Crippen molar-refractivity contribution >= 4 is 5.91 Å². The van der Waals surface area contributed by atoms with Gasteiger partial charge in [-0.2, -0.15) is 0 Å². The number of aliphatic hydroxyl groups excluding tert-OH is 8. The smallest absolute Gasteiger partial charge is 0.220 e. The zero-order chi connectivity index (χ0) is 55.3. The van der Waals surface area contributed by atoms with Gasteiger partial charge in [-0.05, 0) is 83.5 Å². The molecule has 76 heavy (non-hydrogen) atoms. The molecule has 9 N–H and O–H groups in total. The van der Waals surface area contributed by atoms with Crippen molar-refractivity contribution in [3.63, 3.8) is 0 Å². The van der Waals surface area contributed by atoms with Crippen LogP contribution >= 0.6 is 0 Å². The van der Waals surface area contributed by atoms with E-state index in [2.05, 4.69) is 92.1 Å². The lowest BCUT2D eigenvalue weighted by Crippen LogP contribution is -2.65. The Hall–Kier alpha value is -2.83. The zero-order valence-corrected chi connectivity index (χ0v) is 47.0. The third-order valence-corrected chi connectivity index (χ3v) is 14.0. The molecule has 2 rings (SSSR count). The van der Waals surface area contributed by atoms with Gasteiger partial charge in [0.05, 0.1) is 32.0 Å². The summed E-state index contributed by atoms with van der Waals surface area (Å²) in [6.45, 7) is 2.65. The molecule has 2 aliphatic heterocycles. The molecule has 2 saturated heterocycles. The van der Waals surface area contributed by atoms with E-state index in [0.29, 0.717) is 12.8 Å². The van der Waals surface area contributed by atoms with Gasteiger partial charge < -0.3 is 65.1 Å². The predicted molar refractivity (Wildman–Crippen MR) is 304 cm³/mol. The third kappa shape index (κ3) is 32.3. The summed E-state index contributed by atoms with van der Waals surface area (Å²) in [6, 6.07) is -0.948. The minimum Gasteiger partial charge on any atom is -0.394 e. The first-order valence-electron chi connectivity index (χ1n) is 29.8. The summed E-state index contributed by atoms with van der Waals surface area (Å²) in [6.07, 6.45) is 46.1. The Balaban J connectivity index is 1.80. The highest BCUT2D eigenvalue weighted by Gasteiger charge is 2.51. The molecule has 0 aliphatic carbocycles. The topological polar surface area (TPSA) is 228 Å². The number of amides is 1. The lowest BCUT2D eigenvalue weighted by molar-refractivity contribution is -0.359. The standard InChI is InChI=1S/C62H107NO13/c1-3-5-7-9-11-13-15-17-19-21-23-25-27-29-31-33-35-37-39-41-43-45-51(66)50(49-73-61-59(72)57(70)60(53(48-65)75-61)76-62-58(71)56(69)55(68)52(47-64)74-62)63-54(67)46-44-42-40-38-36-34-32-30-28-26-24-22-20-18-16-14-12-10-8-6-4-2/h6,8,12,14,18,20,24,26-27,29,35,37,43,45,50-53,55-62,64-66,68-72H,3-5,7,9-11,13,15-17,19,21-23,25,28,30-34,36,38-42,44,46-49H2,1-2H3,(H,63,67)/b8-6-,14-12-,20-18-,26-24-,29-27+,37-35+,45-43+. The average molecular weight is 1070 g/mol. The van der Waals surface area contributed by atoms with Crippen LogP contribution in [0.2, 0.25) is 0 Å². The van der Waals surface area contributed by atoms with Crippen molar-refractivity contribution in [1.82, 2.24) is 5.32 Å². The second kappa shape index (κ2) is 47.0. The second-order valence-electron chi connectivity index (χ2n) is 20.7. The van der Waals surface area contributed by atoms with Crippen LogP contribution in [0.25, 0.3) is 0 Å². The summed E-state index contributed by atoms with van der Waals surface area (Å²) in [7, 11) is 0. The number of rotatable bonds is 46. The quantitative estimate of drug-likeness (QED) is 0.0205. The number of unbranched alkanes of at least 4 members (excludes halogenated alkanes) is 21. The van der Waals surface area contributed by atoms with Crippen molar-refractivity contribution < 1.29 is 64.6 Å².